The molecule has 1 N–H and O–H groups in total. The molecule has 8 nitrogen and oxygen atoms in total. The standard InChI is InChI=1S/C18H26FN5O3/c1-22-5-2-3-18(16(25)26)4-6-24(12-14(18)22)17-20-11-13(19)15(21-17)23-7-9-27-10-8-23/h11,14H,2-10,12H2,1H3,(H,25,26)/t14-,18+/m1/s1. The fraction of sp³-hybridized carbons (Fsp3) is 0.722. The van der Waals surface area contributed by atoms with Crippen LogP contribution in [0.3, 0.4) is 0 Å². The zero-order chi connectivity index (χ0) is 19.0. The van der Waals surface area contributed by atoms with Crippen molar-refractivity contribution in [2.75, 3.05) is 62.8 Å². The summed E-state index contributed by atoms with van der Waals surface area (Å²) in [5, 5.41) is 9.90. The van der Waals surface area contributed by atoms with Gasteiger partial charge in [0.15, 0.2) is 11.6 Å². The van der Waals surface area contributed by atoms with Gasteiger partial charge in [-0.3, -0.25) is 4.79 Å². The molecule has 3 saturated heterocycles. The maximum atomic E-state index is 14.3. The first-order chi connectivity index (χ1) is 13.0. The number of carboxylic acids is 1. The van der Waals surface area contributed by atoms with Crippen molar-refractivity contribution in [3.63, 3.8) is 0 Å². The number of ether oxygens (including phenoxy) is 1. The van der Waals surface area contributed by atoms with E-state index in [9.17, 15) is 14.3 Å². The van der Waals surface area contributed by atoms with Crippen molar-refractivity contribution in [3.8, 4) is 0 Å². The minimum absolute atomic E-state index is 0.0991. The molecule has 0 aromatic carbocycles. The number of carboxylic acid groups (broad SMARTS) is 1. The number of morpholine rings is 1. The Labute approximate surface area is 157 Å². The SMILES string of the molecule is CN1CCC[C@]2(C(=O)O)CCN(c3ncc(F)c(N4CCOCC4)n3)C[C@@H]12. The van der Waals surface area contributed by atoms with E-state index in [0.717, 1.165) is 13.0 Å². The molecule has 3 aliphatic heterocycles. The van der Waals surface area contributed by atoms with Gasteiger partial charge in [0.1, 0.15) is 0 Å². The number of hydrogen-bond acceptors (Lipinski definition) is 7. The third-order valence-corrected chi connectivity index (χ3v) is 6.26. The second-order valence-electron chi connectivity index (χ2n) is 7.70. The molecule has 1 aromatic rings. The highest BCUT2D eigenvalue weighted by molar-refractivity contribution is 5.76. The van der Waals surface area contributed by atoms with Crippen LogP contribution in [-0.4, -0.2) is 85.0 Å². The molecular weight excluding hydrogens is 353 g/mol. The number of rotatable bonds is 3. The number of anilines is 2. The van der Waals surface area contributed by atoms with Gasteiger partial charge in [0, 0.05) is 32.2 Å². The van der Waals surface area contributed by atoms with Crippen LogP contribution >= 0.6 is 0 Å². The van der Waals surface area contributed by atoms with Gasteiger partial charge in [-0.2, -0.15) is 4.98 Å². The highest BCUT2D eigenvalue weighted by Gasteiger charge is 2.52. The van der Waals surface area contributed by atoms with Crippen molar-refractivity contribution in [1.29, 1.82) is 0 Å². The minimum Gasteiger partial charge on any atom is -0.481 e. The van der Waals surface area contributed by atoms with Crippen molar-refractivity contribution < 1.29 is 19.0 Å². The van der Waals surface area contributed by atoms with E-state index in [2.05, 4.69) is 14.9 Å². The van der Waals surface area contributed by atoms with Crippen molar-refractivity contribution in [2.45, 2.75) is 25.3 Å². The van der Waals surface area contributed by atoms with Crippen LogP contribution in [0.4, 0.5) is 16.2 Å². The fourth-order valence-corrected chi connectivity index (χ4v) is 4.66. The lowest BCUT2D eigenvalue weighted by Gasteiger charge is -2.51. The molecule has 27 heavy (non-hydrogen) atoms. The molecule has 1 aromatic heterocycles. The summed E-state index contributed by atoms with van der Waals surface area (Å²) in [6.07, 6.45) is 3.36. The Hall–Kier alpha value is -2.00. The van der Waals surface area contributed by atoms with Gasteiger partial charge in [0.2, 0.25) is 5.95 Å². The normalized spacial score (nSPS) is 29.5. The third-order valence-electron chi connectivity index (χ3n) is 6.26. The number of likely N-dealkylation sites (N-methyl/N-ethyl adjacent to an activating group) is 1. The molecule has 9 heteroatoms. The first-order valence-corrected chi connectivity index (χ1v) is 9.55. The molecule has 3 fully saturated rings. The molecule has 0 unspecified atom stereocenters. The van der Waals surface area contributed by atoms with Crippen LogP contribution in [0, 0.1) is 11.2 Å². The minimum atomic E-state index is -0.715. The molecule has 0 saturated carbocycles. The maximum Gasteiger partial charge on any atom is 0.311 e. The van der Waals surface area contributed by atoms with Crippen molar-refractivity contribution in [3.05, 3.63) is 12.0 Å². The van der Waals surface area contributed by atoms with Gasteiger partial charge in [0.05, 0.1) is 24.8 Å². The largest absolute Gasteiger partial charge is 0.481 e. The number of hydrogen-bond donors (Lipinski definition) is 1. The predicted molar refractivity (Wildman–Crippen MR) is 97.6 cm³/mol. The smallest absolute Gasteiger partial charge is 0.311 e. The molecule has 0 bridgehead atoms. The van der Waals surface area contributed by atoms with Gasteiger partial charge in [0.25, 0.3) is 0 Å². The van der Waals surface area contributed by atoms with Crippen LogP contribution < -0.4 is 9.80 Å². The zero-order valence-corrected chi connectivity index (χ0v) is 15.6. The molecule has 4 rings (SSSR count). The number of aliphatic carboxylic acids is 1. The Kier molecular flexibility index (Phi) is 4.90. The Morgan fingerprint density at radius 2 is 2.04 bits per heavy atom. The lowest BCUT2D eigenvalue weighted by Crippen LogP contribution is -2.63. The lowest BCUT2D eigenvalue weighted by molar-refractivity contribution is -0.158. The van der Waals surface area contributed by atoms with E-state index in [4.69, 9.17) is 4.74 Å². The number of carbonyl (C=O) groups is 1. The Balaban J connectivity index is 1.58. The molecule has 0 amide bonds. The Morgan fingerprint density at radius 1 is 1.26 bits per heavy atom. The van der Waals surface area contributed by atoms with E-state index in [-0.39, 0.29) is 6.04 Å². The quantitative estimate of drug-likeness (QED) is 0.827. The first kappa shape index (κ1) is 18.4. The van der Waals surface area contributed by atoms with Gasteiger partial charge in [-0.05, 0) is 32.9 Å². The van der Waals surface area contributed by atoms with Crippen LogP contribution in [0.25, 0.3) is 0 Å². The Bertz CT molecular complexity index is 714. The van der Waals surface area contributed by atoms with Gasteiger partial charge in [-0.25, -0.2) is 9.37 Å². The van der Waals surface area contributed by atoms with Gasteiger partial charge >= 0.3 is 5.97 Å². The number of piperidine rings is 2. The molecule has 0 spiro atoms. The number of halogens is 1. The molecule has 0 aliphatic carbocycles. The van der Waals surface area contributed by atoms with Crippen molar-refractivity contribution >= 4 is 17.7 Å². The van der Waals surface area contributed by atoms with E-state index in [1.165, 1.54) is 6.20 Å². The summed E-state index contributed by atoms with van der Waals surface area (Å²) < 4.78 is 19.6. The second kappa shape index (κ2) is 7.20. The van der Waals surface area contributed by atoms with Gasteiger partial charge in [-0.1, -0.05) is 0 Å². The molecule has 2 atom stereocenters. The summed E-state index contributed by atoms with van der Waals surface area (Å²) in [6, 6.07) is -0.0991. The van der Waals surface area contributed by atoms with Crippen molar-refractivity contribution in [1.82, 2.24) is 14.9 Å². The predicted octanol–water partition coefficient (Wildman–Crippen LogP) is 0.828. The van der Waals surface area contributed by atoms with Crippen LogP contribution in [0.2, 0.25) is 0 Å². The zero-order valence-electron chi connectivity index (χ0n) is 15.6. The average molecular weight is 379 g/mol. The number of aromatic nitrogens is 2. The van der Waals surface area contributed by atoms with E-state index in [0.29, 0.717) is 64.0 Å². The summed E-state index contributed by atoms with van der Waals surface area (Å²) in [4.78, 5) is 26.8. The van der Waals surface area contributed by atoms with Crippen molar-refractivity contribution in [2.24, 2.45) is 5.41 Å². The van der Waals surface area contributed by atoms with Gasteiger partial charge < -0.3 is 24.5 Å². The van der Waals surface area contributed by atoms with Crippen LogP contribution in [0.15, 0.2) is 6.20 Å². The summed E-state index contributed by atoms with van der Waals surface area (Å²) in [7, 11) is 1.98. The monoisotopic (exact) mass is 379 g/mol. The molecule has 3 aliphatic rings. The van der Waals surface area contributed by atoms with Crippen LogP contribution in [0.1, 0.15) is 19.3 Å². The molecule has 4 heterocycles. The third kappa shape index (κ3) is 3.23. The van der Waals surface area contributed by atoms with Crippen LogP contribution in [0.5, 0.6) is 0 Å². The van der Waals surface area contributed by atoms with E-state index in [1.807, 2.05) is 16.8 Å². The summed E-state index contributed by atoms with van der Waals surface area (Å²) in [6.45, 7) is 4.29. The molecule has 0 radical (unpaired) electrons. The molecular formula is C18H26FN5O3. The maximum absolute atomic E-state index is 14.3. The second-order valence-corrected chi connectivity index (χ2v) is 7.70. The topological polar surface area (TPSA) is 82.0 Å². The summed E-state index contributed by atoms with van der Waals surface area (Å²) in [5.41, 5.74) is -0.712. The average Bonchev–Trinajstić information content (AvgIpc) is 2.69. The molecule has 148 valence electrons. The number of nitrogens with zero attached hydrogens (tertiary/aromatic N) is 5. The highest BCUT2D eigenvalue weighted by Crippen LogP contribution is 2.42. The summed E-state index contributed by atoms with van der Waals surface area (Å²) in [5.74, 6) is -0.383. The Morgan fingerprint density at radius 3 is 2.78 bits per heavy atom. The van der Waals surface area contributed by atoms with Crippen LogP contribution in [-0.2, 0) is 9.53 Å². The first-order valence-electron chi connectivity index (χ1n) is 9.55. The number of fused-ring (bicyclic) bond motifs is 1. The number of likely N-dealkylation sites (tertiary alicyclic amines) is 1. The summed E-state index contributed by atoms with van der Waals surface area (Å²) >= 11 is 0. The van der Waals surface area contributed by atoms with E-state index >= 15 is 0 Å². The highest BCUT2D eigenvalue weighted by atomic mass is 19.1. The van der Waals surface area contributed by atoms with Gasteiger partial charge in [-0.15, -0.1) is 0 Å². The lowest BCUT2D eigenvalue weighted by atomic mass is 9.68. The van der Waals surface area contributed by atoms with E-state index in [1.54, 1.807) is 0 Å². The fourth-order valence-electron chi connectivity index (χ4n) is 4.66. The van der Waals surface area contributed by atoms with E-state index < -0.39 is 17.2 Å².